The number of aromatic amines is 2. The number of halogens is 3. The smallest absolute Gasteiger partial charge is 0.199 e. The monoisotopic (exact) mass is 535 g/mol. The molecule has 1 aliphatic rings. The first-order chi connectivity index (χ1) is 19.0. The summed E-state index contributed by atoms with van der Waals surface area (Å²) in [6.45, 7) is 0.461. The van der Waals surface area contributed by atoms with Gasteiger partial charge in [0.05, 0.1) is 17.7 Å². The predicted octanol–water partition coefficient (Wildman–Crippen LogP) is 6.03. The zero-order valence-corrected chi connectivity index (χ0v) is 20.8. The summed E-state index contributed by atoms with van der Waals surface area (Å²) in [5, 5.41) is 7.18. The van der Waals surface area contributed by atoms with Crippen LogP contribution in [-0.2, 0) is 11.2 Å². The molecule has 1 atom stereocenters. The maximum atomic E-state index is 14.9. The first-order valence-electron chi connectivity index (χ1n) is 12.1. The topological polar surface area (TPSA) is 100 Å². The van der Waals surface area contributed by atoms with Crippen molar-refractivity contribution in [3.05, 3.63) is 95.2 Å². The summed E-state index contributed by atoms with van der Waals surface area (Å²) in [7, 11) is 1.00. The van der Waals surface area contributed by atoms with Crippen molar-refractivity contribution < 1.29 is 32.5 Å². The summed E-state index contributed by atoms with van der Waals surface area (Å²) >= 11 is 0. The van der Waals surface area contributed by atoms with Crippen LogP contribution in [0, 0.1) is 17.5 Å². The second kappa shape index (κ2) is 11.0. The molecule has 10 heteroatoms. The van der Waals surface area contributed by atoms with Gasteiger partial charge < -0.3 is 29.3 Å². The van der Waals surface area contributed by atoms with Crippen LogP contribution in [0.15, 0.2) is 60.9 Å². The fraction of sp³-hybridized carbons (Fsp3) is 0.172. The highest BCUT2D eigenvalue weighted by Crippen LogP contribution is 2.40. The van der Waals surface area contributed by atoms with Crippen molar-refractivity contribution in [1.29, 1.82) is 0 Å². The Morgan fingerprint density at radius 1 is 1.13 bits per heavy atom. The van der Waals surface area contributed by atoms with Gasteiger partial charge in [-0.1, -0.05) is 18.2 Å². The molecule has 0 fully saturated rings. The minimum atomic E-state index is -0.884. The molecule has 2 aromatic heterocycles. The highest BCUT2D eigenvalue weighted by atomic mass is 19.1. The molecule has 1 unspecified atom stereocenters. The molecule has 3 heterocycles. The van der Waals surface area contributed by atoms with Gasteiger partial charge in [-0.15, -0.1) is 0 Å². The van der Waals surface area contributed by atoms with E-state index in [1.165, 1.54) is 24.4 Å². The SMILES string of the molecule is CO.O=CCc1cccc2c1OCCC2c1cnc(-c2cc(Oc3c(F)cc4[nH]ccc4c3F)ccc2F)[nH]1. The number of rotatable bonds is 6. The fourth-order valence-corrected chi connectivity index (χ4v) is 4.79. The minimum Gasteiger partial charge on any atom is -0.493 e. The molecule has 3 aromatic carbocycles. The first kappa shape index (κ1) is 26.1. The summed E-state index contributed by atoms with van der Waals surface area (Å²) in [4.78, 5) is 21.4. The van der Waals surface area contributed by atoms with Crippen LogP contribution in [0.2, 0.25) is 0 Å². The van der Waals surface area contributed by atoms with Crippen molar-refractivity contribution >= 4 is 17.2 Å². The van der Waals surface area contributed by atoms with Gasteiger partial charge in [0.25, 0.3) is 0 Å². The molecule has 3 N–H and O–H groups in total. The summed E-state index contributed by atoms with van der Waals surface area (Å²) < 4.78 is 55.6. The number of carbonyl (C=O) groups is 1. The lowest BCUT2D eigenvalue weighted by Crippen LogP contribution is -2.17. The number of aliphatic hydroxyl groups excluding tert-OH is 1. The number of nitrogens with one attached hydrogen (secondary N) is 2. The predicted molar refractivity (Wildman–Crippen MR) is 139 cm³/mol. The Balaban J connectivity index is 0.00000151. The largest absolute Gasteiger partial charge is 0.493 e. The van der Waals surface area contributed by atoms with Gasteiger partial charge in [0.2, 0.25) is 0 Å². The van der Waals surface area contributed by atoms with E-state index in [9.17, 15) is 18.0 Å². The van der Waals surface area contributed by atoms with E-state index in [1.54, 1.807) is 6.20 Å². The van der Waals surface area contributed by atoms with Gasteiger partial charge >= 0.3 is 0 Å². The van der Waals surface area contributed by atoms with Gasteiger partial charge in [0, 0.05) is 60.1 Å². The van der Waals surface area contributed by atoms with Gasteiger partial charge in [-0.25, -0.2) is 18.2 Å². The molecule has 200 valence electrons. The van der Waals surface area contributed by atoms with E-state index < -0.39 is 23.2 Å². The van der Waals surface area contributed by atoms with Crippen molar-refractivity contribution in [2.45, 2.75) is 18.8 Å². The third kappa shape index (κ3) is 4.86. The Kier molecular flexibility index (Phi) is 7.38. The maximum Gasteiger partial charge on any atom is 0.199 e. The summed E-state index contributed by atoms with van der Waals surface area (Å²) in [6, 6.07) is 12.1. The van der Waals surface area contributed by atoms with E-state index in [2.05, 4.69) is 15.0 Å². The number of aromatic nitrogens is 3. The molecule has 0 spiro atoms. The third-order valence-corrected chi connectivity index (χ3v) is 6.55. The fourth-order valence-electron chi connectivity index (χ4n) is 4.79. The zero-order valence-electron chi connectivity index (χ0n) is 20.8. The minimum absolute atomic E-state index is 0.0527. The molecular weight excluding hydrogens is 511 g/mol. The van der Waals surface area contributed by atoms with Crippen LogP contribution in [0.1, 0.15) is 29.2 Å². The number of hydrogen-bond donors (Lipinski definition) is 3. The zero-order chi connectivity index (χ0) is 27.5. The molecular formula is C29H24F3N3O4. The second-order valence-corrected chi connectivity index (χ2v) is 8.77. The van der Waals surface area contributed by atoms with Crippen LogP contribution < -0.4 is 9.47 Å². The Morgan fingerprint density at radius 3 is 2.79 bits per heavy atom. The Morgan fingerprint density at radius 2 is 1.97 bits per heavy atom. The average Bonchev–Trinajstić information content (AvgIpc) is 3.63. The molecule has 1 aliphatic heterocycles. The number of hydrogen-bond acceptors (Lipinski definition) is 5. The van der Waals surface area contributed by atoms with Crippen LogP contribution >= 0.6 is 0 Å². The average molecular weight is 536 g/mol. The molecule has 0 bridgehead atoms. The van der Waals surface area contributed by atoms with Crippen LogP contribution in [0.4, 0.5) is 13.2 Å². The molecule has 0 amide bonds. The van der Waals surface area contributed by atoms with Gasteiger partial charge in [0.15, 0.2) is 17.4 Å². The summed E-state index contributed by atoms with van der Waals surface area (Å²) in [5.74, 6) is -1.98. The Hall–Kier alpha value is -4.57. The molecule has 7 nitrogen and oxygen atoms in total. The third-order valence-electron chi connectivity index (χ3n) is 6.55. The van der Waals surface area contributed by atoms with Crippen LogP contribution in [0.25, 0.3) is 22.3 Å². The lowest BCUT2D eigenvalue weighted by atomic mass is 9.88. The highest BCUT2D eigenvalue weighted by molar-refractivity contribution is 5.82. The van der Waals surface area contributed by atoms with Crippen molar-refractivity contribution in [1.82, 2.24) is 15.0 Å². The second-order valence-electron chi connectivity index (χ2n) is 8.77. The van der Waals surface area contributed by atoms with E-state index in [4.69, 9.17) is 14.6 Å². The standard InChI is InChI=1S/C28H20F3N3O3.CH4O/c29-21-5-4-16(37-27-22(30)13-23-19(25(27)31)6-9-32-23)12-20(21)28-33-14-24(34-28)17-8-11-36-26-15(7-10-35)2-1-3-18(17)26;1-2/h1-6,9-10,12-14,17,32H,7-8,11H2,(H,33,34);2H,1H3. The number of H-pyrrole nitrogens is 2. The number of aldehydes is 1. The highest BCUT2D eigenvalue weighted by Gasteiger charge is 2.27. The Labute approximate surface area is 221 Å². The van der Waals surface area contributed by atoms with E-state index >= 15 is 0 Å². The number of benzene rings is 3. The lowest BCUT2D eigenvalue weighted by molar-refractivity contribution is -0.107. The summed E-state index contributed by atoms with van der Waals surface area (Å²) in [5.41, 5.74) is 2.88. The Bertz CT molecular complexity index is 1650. The quantitative estimate of drug-likeness (QED) is 0.231. The number of fused-ring (bicyclic) bond motifs is 2. The van der Waals surface area contributed by atoms with E-state index in [-0.39, 0.29) is 34.9 Å². The van der Waals surface area contributed by atoms with Gasteiger partial charge in [-0.2, -0.15) is 0 Å². The van der Waals surface area contributed by atoms with Crippen molar-refractivity contribution in [2.75, 3.05) is 13.7 Å². The molecule has 0 aliphatic carbocycles. The van der Waals surface area contributed by atoms with E-state index in [0.29, 0.717) is 24.3 Å². The lowest BCUT2D eigenvalue weighted by Gasteiger charge is -2.26. The number of para-hydroxylation sites is 1. The van der Waals surface area contributed by atoms with E-state index in [0.717, 1.165) is 42.3 Å². The number of ether oxygens (including phenoxy) is 2. The molecule has 39 heavy (non-hydrogen) atoms. The number of nitrogens with zero attached hydrogens (tertiary/aromatic N) is 1. The van der Waals surface area contributed by atoms with Crippen molar-refractivity contribution in [2.24, 2.45) is 0 Å². The molecule has 0 radical (unpaired) electrons. The van der Waals surface area contributed by atoms with Crippen LogP contribution in [0.3, 0.4) is 0 Å². The van der Waals surface area contributed by atoms with Gasteiger partial charge in [0.1, 0.15) is 29.4 Å². The van der Waals surface area contributed by atoms with Crippen LogP contribution in [-0.4, -0.2) is 40.1 Å². The van der Waals surface area contributed by atoms with Crippen molar-refractivity contribution in [3.63, 3.8) is 0 Å². The van der Waals surface area contributed by atoms with Crippen molar-refractivity contribution in [3.8, 4) is 28.6 Å². The normalized spacial score (nSPS) is 14.2. The molecule has 0 saturated heterocycles. The maximum absolute atomic E-state index is 14.9. The van der Waals surface area contributed by atoms with E-state index in [1.807, 2.05) is 18.2 Å². The van der Waals surface area contributed by atoms with Gasteiger partial charge in [-0.3, -0.25) is 0 Å². The number of imidazole rings is 1. The van der Waals surface area contributed by atoms with Crippen LogP contribution in [0.5, 0.6) is 17.2 Å². The number of carbonyl (C=O) groups excluding carboxylic acids is 1. The molecule has 6 rings (SSSR count). The first-order valence-corrected chi connectivity index (χ1v) is 12.1. The molecule has 0 saturated carbocycles. The number of aliphatic hydroxyl groups is 1. The van der Waals surface area contributed by atoms with Gasteiger partial charge in [-0.05, 0) is 30.7 Å². The molecule has 5 aromatic rings. The summed E-state index contributed by atoms with van der Waals surface area (Å²) in [6.07, 6.45) is 4.89.